The van der Waals surface area contributed by atoms with Crippen molar-refractivity contribution < 1.29 is 9.90 Å². The minimum Gasteiger partial charge on any atom is -0.481 e. The van der Waals surface area contributed by atoms with E-state index in [9.17, 15) is 9.90 Å². The van der Waals surface area contributed by atoms with Crippen molar-refractivity contribution in [3.05, 3.63) is 0 Å². The maximum atomic E-state index is 12.0. The summed E-state index contributed by atoms with van der Waals surface area (Å²) >= 11 is 0. The van der Waals surface area contributed by atoms with E-state index in [1.54, 1.807) is 0 Å². The van der Waals surface area contributed by atoms with Crippen LogP contribution in [0, 0.1) is 17.8 Å². The van der Waals surface area contributed by atoms with Crippen molar-refractivity contribution in [3.8, 4) is 0 Å². The number of carboxylic acids is 1. The molecule has 0 saturated heterocycles. The molecule has 0 heterocycles. The van der Waals surface area contributed by atoms with Crippen LogP contribution in [0.4, 0.5) is 0 Å². The normalized spacial score (nSPS) is 14.0. The van der Waals surface area contributed by atoms with Gasteiger partial charge in [-0.2, -0.15) is 0 Å². The van der Waals surface area contributed by atoms with E-state index in [2.05, 4.69) is 27.7 Å². The highest BCUT2D eigenvalue weighted by atomic mass is 16.4. The molecule has 2 heteroatoms. The third-order valence-electron chi connectivity index (χ3n) is 9.02. The van der Waals surface area contributed by atoms with Crippen molar-refractivity contribution in [3.63, 3.8) is 0 Å². The molecule has 0 amide bonds. The van der Waals surface area contributed by atoms with Gasteiger partial charge in [-0.25, -0.2) is 0 Å². The average molecular weight is 537 g/mol. The Hall–Kier alpha value is -0.530. The molecule has 0 aliphatic carbocycles. The zero-order chi connectivity index (χ0) is 28.1. The number of rotatable bonds is 31. The summed E-state index contributed by atoms with van der Waals surface area (Å²) in [6.07, 6.45) is 37.7. The molecule has 0 radical (unpaired) electrons. The molecule has 0 aliphatic rings. The predicted octanol–water partition coefficient (Wildman–Crippen LogP) is 12.9. The first-order valence-corrected chi connectivity index (χ1v) is 17.8. The van der Waals surface area contributed by atoms with Crippen LogP contribution in [0.3, 0.4) is 0 Å². The lowest BCUT2D eigenvalue weighted by Crippen LogP contribution is -2.25. The van der Waals surface area contributed by atoms with Crippen molar-refractivity contribution in [1.29, 1.82) is 0 Å². The highest BCUT2D eigenvalue weighted by Crippen LogP contribution is 2.30. The van der Waals surface area contributed by atoms with E-state index in [0.717, 1.165) is 12.8 Å². The molecule has 0 spiro atoms. The van der Waals surface area contributed by atoms with Crippen LogP contribution in [0.25, 0.3) is 0 Å². The third kappa shape index (κ3) is 24.5. The van der Waals surface area contributed by atoms with Crippen LogP contribution in [0.2, 0.25) is 0 Å². The number of carbonyl (C=O) groups is 1. The molecule has 228 valence electrons. The fraction of sp³-hybridized carbons (Fsp3) is 0.972. The first-order chi connectivity index (χ1) is 18.6. The Kier molecular flexibility index (Phi) is 29.0. The Balaban J connectivity index is 3.56. The number of unbranched alkanes of at least 4 members (excludes halogenated alkanes) is 21. The van der Waals surface area contributed by atoms with Crippen LogP contribution in [-0.4, -0.2) is 11.1 Å². The van der Waals surface area contributed by atoms with Crippen LogP contribution in [0.1, 0.15) is 207 Å². The molecule has 0 aromatic heterocycles. The topological polar surface area (TPSA) is 37.3 Å². The van der Waals surface area contributed by atoms with Crippen molar-refractivity contribution in [1.82, 2.24) is 0 Å². The summed E-state index contributed by atoms with van der Waals surface area (Å²) in [7, 11) is 0. The second-order valence-corrected chi connectivity index (χ2v) is 12.8. The van der Waals surface area contributed by atoms with E-state index in [1.165, 1.54) is 167 Å². The van der Waals surface area contributed by atoms with Crippen LogP contribution in [-0.2, 0) is 4.79 Å². The maximum absolute atomic E-state index is 12.0. The zero-order valence-corrected chi connectivity index (χ0v) is 26.9. The fourth-order valence-electron chi connectivity index (χ4n) is 6.32. The predicted molar refractivity (Wildman–Crippen MR) is 170 cm³/mol. The summed E-state index contributed by atoms with van der Waals surface area (Å²) in [4.78, 5) is 12.0. The molecule has 38 heavy (non-hydrogen) atoms. The zero-order valence-electron chi connectivity index (χ0n) is 26.9. The van der Waals surface area contributed by atoms with E-state index in [4.69, 9.17) is 0 Å². The van der Waals surface area contributed by atoms with Gasteiger partial charge in [0.15, 0.2) is 0 Å². The molecular weight excluding hydrogens is 464 g/mol. The summed E-state index contributed by atoms with van der Waals surface area (Å²) < 4.78 is 0. The second-order valence-electron chi connectivity index (χ2n) is 12.8. The second kappa shape index (κ2) is 29.5. The smallest absolute Gasteiger partial charge is 0.306 e. The first kappa shape index (κ1) is 37.5. The number of aliphatic carboxylic acids is 1. The van der Waals surface area contributed by atoms with Crippen LogP contribution in [0.5, 0.6) is 0 Å². The Morgan fingerprint density at radius 1 is 0.474 bits per heavy atom. The van der Waals surface area contributed by atoms with E-state index in [0.29, 0.717) is 11.8 Å². The van der Waals surface area contributed by atoms with E-state index >= 15 is 0 Å². The van der Waals surface area contributed by atoms with Gasteiger partial charge in [-0.1, -0.05) is 195 Å². The van der Waals surface area contributed by atoms with E-state index in [1.807, 2.05) is 0 Å². The van der Waals surface area contributed by atoms with E-state index < -0.39 is 5.97 Å². The molecule has 0 saturated carbocycles. The Labute approximate surface area is 240 Å². The monoisotopic (exact) mass is 537 g/mol. The van der Waals surface area contributed by atoms with Crippen molar-refractivity contribution in [2.45, 2.75) is 207 Å². The van der Waals surface area contributed by atoms with Crippen LogP contribution >= 0.6 is 0 Å². The summed E-state index contributed by atoms with van der Waals surface area (Å²) in [5, 5.41) is 9.86. The van der Waals surface area contributed by atoms with Gasteiger partial charge in [0.1, 0.15) is 0 Å². The standard InChI is InChI=1S/C36H72O2/c1-5-8-10-11-12-13-14-15-16-17-18-19-20-21-22-23-24-25-26-27-28-30-33(4)35(36(37)38)32-34(29-7-3)31-9-6-2/h33-35H,5-32H2,1-4H3,(H,37,38). The largest absolute Gasteiger partial charge is 0.481 e. The molecule has 0 aliphatic heterocycles. The quantitative estimate of drug-likeness (QED) is 0.0894. The summed E-state index contributed by atoms with van der Waals surface area (Å²) in [6, 6.07) is 0. The molecular formula is C36H72O2. The van der Waals surface area contributed by atoms with Gasteiger partial charge in [0.25, 0.3) is 0 Å². The highest BCUT2D eigenvalue weighted by molar-refractivity contribution is 5.70. The van der Waals surface area contributed by atoms with Crippen LogP contribution in [0.15, 0.2) is 0 Å². The number of hydrogen-bond donors (Lipinski definition) is 1. The first-order valence-electron chi connectivity index (χ1n) is 17.8. The van der Waals surface area contributed by atoms with Gasteiger partial charge in [0.2, 0.25) is 0 Å². The molecule has 0 aromatic carbocycles. The lowest BCUT2D eigenvalue weighted by atomic mass is 9.80. The van der Waals surface area contributed by atoms with Gasteiger partial charge in [-0.3, -0.25) is 4.79 Å². The molecule has 3 atom stereocenters. The molecule has 0 rings (SSSR count). The average Bonchev–Trinajstić information content (AvgIpc) is 2.90. The van der Waals surface area contributed by atoms with Gasteiger partial charge in [0, 0.05) is 0 Å². The number of carboxylic acid groups (broad SMARTS) is 1. The molecule has 0 aromatic rings. The molecule has 2 nitrogen and oxygen atoms in total. The summed E-state index contributed by atoms with van der Waals surface area (Å²) in [6.45, 7) is 8.96. The van der Waals surface area contributed by atoms with Crippen LogP contribution < -0.4 is 0 Å². The van der Waals surface area contributed by atoms with Gasteiger partial charge >= 0.3 is 5.97 Å². The Bertz CT molecular complexity index is 474. The Morgan fingerprint density at radius 2 is 0.842 bits per heavy atom. The maximum Gasteiger partial charge on any atom is 0.306 e. The lowest BCUT2D eigenvalue weighted by Gasteiger charge is -2.25. The molecule has 1 N–H and O–H groups in total. The van der Waals surface area contributed by atoms with Gasteiger partial charge in [-0.15, -0.1) is 0 Å². The minimum atomic E-state index is -0.557. The molecule has 0 fully saturated rings. The summed E-state index contributed by atoms with van der Waals surface area (Å²) in [5.74, 6) is 0.212. The minimum absolute atomic E-state index is 0.145. The van der Waals surface area contributed by atoms with Crippen molar-refractivity contribution in [2.75, 3.05) is 0 Å². The number of hydrogen-bond acceptors (Lipinski definition) is 1. The SMILES string of the molecule is CCCCCCCCCCCCCCCCCCCCCCCC(C)C(CC(CCC)CCCC)C(=O)O. The van der Waals surface area contributed by atoms with Crippen molar-refractivity contribution >= 4 is 5.97 Å². The van der Waals surface area contributed by atoms with E-state index in [-0.39, 0.29) is 5.92 Å². The lowest BCUT2D eigenvalue weighted by molar-refractivity contribution is -0.144. The van der Waals surface area contributed by atoms with Crippen molar-refractivity contribution in [2.24, 2.45) is 17.8 Å². The van der Waals surface area contributed by atoms with Gasteiger partial charge in [-0.05, 0) is 24.7 Å². The fourth-order valence-corrected chi connectivity index (χ4v) is 6.32. The molecule has 3 unspecified atom stereocenters. The molecule has 0 bridgehead atoms. The summed E-state index contributed by atoms with van der Waals surface area (Å²) in [5.41, 5.74) is 0. The van der Waals surface area contributed by atoms with Gasteiger partial charge in [0.05, 0.1) is 5.92 Å². The highest BCUT2D eigenvalue weighted by Gasteiger charge is 2.27. The third-order valence-corrected chi connectivity index (χ3v) is 9.02. The van der Waals surface area contributed by atoms with Gasteiger partial charge < -0.3 is 5.11 Å². The Morgan fingerprint density at radius 3 is 1.18 bits per heavy atom.